The largest absolute Gasteiger partial charge is 0.460 e. The van der Waals surface area contributed by atoms with Gasteiger partial charge in [-0.1, -0.05) is 152 Å². The van der Waals surface area contributed by atoms with Crippen molar-refractivity contribution in [2.45, 2.75) is 25.7 Å². The Morgan fingerprint density at radius 3 is 1.77 bits per heavy atom. The van der Waals surface area contributed by atoms with Crippen molar-refractivity contribution in [3.63, 3.8) is 0 Å². The number of nitrogens with zero attached hydrogens (tertiary/aromatic N) is 5. The summed E-state index contributed by atoms with van der Waals surface area (Å²) in [7, 11) is 0. The van der Waals surface area contributed by atoms with Crippen LogP contribution in [0, 0.1) is 0 Å². The van der Waals surface area contributed by atoms with E-state index < -0.39 is 0 Å². The first-order chi connectivity index (χ1) is 34.2. The first kappa shape index (κ1) is 39.3. The molecule has 0 fully saturated rings. The van der Waals surface area contributed by atoms with Crippen LogP contribution in [0.25, 0.3) is 123 Å². The molecule has 6 nitrogen and oxygen atoms in total. The van der Waals surface area contributed by atoms with Crippen molar-refractivity contribution >= 4 is 66.2 Å². The molecule has 8 aromatic carbocycles. The summed E-state index contributed by atoms with van der Waals surface area (Å²) in [6.07, 6.45) is 15.0. The number of hydrogen-bond acceptors (Lipinski definition) is 4. The molecule has 0 bridgehead atoms. The van der Waals surface area contributed by atoms with E-state index >= 15 is 0 Å². The molecule has 12 aromatic rings. The lowest BCUT2D eigenvalue weighted by Crippen LogP contribution is -2.08. The lowest BCUT2D eigenvalue weighted by molar-refractivity contribution is 0.546. The number of hydrogen-bond donors (Lipinski definition) is 0. The van der Waals surface area contributed by atoms with E-state index in [4.69, 9.17) is 19.4 Å². The standard InChI is InChI=1S/C63H43N5O/c1-6-18-40(19-7-1)46-36-49(41-20-8-2-9-21-41)60-54(37-46)51-35-45(31-33-56(51)68(60)63-65-61(42-22-10-3-11-23-42)64-62(66-63)43-24-12-4-13-25-43)44-30-32-55-50(34-44)52-38-53-48-28-16-17-29-58(48)69-59(53)39-57(52)67(55)47-26-14-5-15-27-47/h1-3,5-12,14-16,18-28,30-39H,4,13,17,29H2. The summed E-state index contributed by atoms with van der Waals surface area (Å²) in [5, 5.41) is 5.79. The molecule has 0 saturated heterocycles. The Morgan fingerprint density at radius 2 is 1.04 bits per heavy atom. The summed E-state index contributed by atoms with van der Waals surface area (Å²) in [6, 6.07) is 65.5. The Kier molecular flexibility index (Phi) is 9.05. The molecule has 2 aliphatic carbocycles. The number of aromatic nitrogens is 5. The molecule has 0 aliphatic heterocycles. The van der Waals surface area contributed by atoms with Gasteiger partial charge in [0.15, 0.2) is 11.6 Å². The highest BCUT2D eigenvalue weighted by molar-refractivity contribution is 6.17. The third kappa shape index (κ3) is 6.51. The number of furan rings is 1. The van der Waals surface area contributed by atoms with Crippen LogP contribution in [-0.4, -0.2) is 24.1 Å². The number of rotatable bonds is 7. The molecule has 326 valence electrons. The van der Waals surface area contributed by atoms with Gasteiger partial charge in [-0.05, 0) is 102 Å². The van der Waals surface area contributed by atoms with Crippen LogP contribution < -0.4 is 0 Å². The zero-order chi connectivity index (χ0) is 45.4. The van der Waals surface area contributed by atoms with Crippen LogP contribution in [-0.2, 0) is 6.42 Å². The second-order valence-electron chi connectivity index (χ2n) is 18.2. The monoisotopic (exact) mass is 885 g/mol. The summed E-state index contributed by atoms with van der Waals surface area (Å²) in [5.74, 6) is 2.95. The first-order valence-electron chi connectivity index (χ1n) is 23.9. The second kappa shape index (κ2) is 15.9. The zero-order valence-electron chi connectivity index (χ0n) is 37.7. The SMILES string of the molecule is C1=CC(c2nc(-c3ccccc3)nc(-n3c4ccc(-c5ccc6c(c5)c5cc7c8c(oc7cc5n6-c5ccccc5)CCC=C8)cc4c4cc(-c5ccccc5)cc(-c5ccccc5)c43)n2)=CCC1. The van der Waals surface area contributed by atoms with Crippen molar-refractivity contribution in [2.75, 3.05) is 0 Å². The van der Waals surface area contributed by atoms with E-state index in [1.807, 2.05) is 18.2 Å². The number of aryl methyl sites for hydroxylation is 1. The number of benzene rings is 8. The molecule has 0 spiro atoms. The summed E-state index contributed by atoms with van der Waals surface area (Å²) in [6.45, 7) is 0. The molecule has 4 heterocycles. The van der Waals surface area contributed by atoms with E-state index in [1.165, 1.54) is 16.3 Å². The molecular weight excluding hydrogens is 843 g/mol. The topological polar surface area (TPSA) is 61.7 Å². The fourth-order valence-electron chi connectivity index (χ4n) is 10.8. The fourth-order valence-corrected chi connectivity index (χ4v) is 10.8. The Morgan fingerprint density at radius 1 is 0.420 bits per heavy atom. The smallest absolute Gasteiger partial charge is 0.238 e. The minimum atomic E-state index is 0.578. The number of allylic oxidation sites excluding steroid dienone is 5. The maximum Gasteiger partial charge on any atom is 0.238 e. The van der Waals surface area contributed by atoms with Crippen molar-refractivity contribution < 1.29 is 4.42 Å². The molecule has 6 heteroatoms. The van der Waals surface area contributed by atoms with Gasteiger partial charge < -0.3 is 8.98 Å². The molecular formula is C63H43N5O. The van der Waals surface area contributed by atoms with Gasteiger partial charge in [0.2, 0.25) is 5.95 Å². The molecule has 4 aromatic heterocycles. The van der Waals surface area contributed by atoms with Gasteiger partial charge in [-0.2, -0.15) is 9.97 Å². The highest BCUT2D eigenvalue weighted by atomic mass is 16.3. The normalized spacial score (nSPS) is 13.5. The second-order valence-corrected chi connectivity index (χ2v) is 18.2. The van der Waals surface area contributed by atoms with Crippen molar-refractivity contribution in [3.8, 4) is 56.4 Å². The van der Waals surface area contributed by atoms with Gasteiger partial charge in [0.25, 0.3) is 0 Å². The number of para-hydroxylation sites is 1. The molecule has 0 saturated carbocycles. The summed E-state index contributed by atoms with van der Waals surface area (Å²) < 4.78 is 11.2. The molecule has 69 heavy (non-hydrogen) atoms. The average Bonchev–Trinajstić information content (AvgIpc) is 4.07. The van der Waals surface area contributed by atoms with Crippen molar-refractivity contribution in [1.29, 1.82) is 0 Å². The van der Waals surface area contributed by atoms with Crippen molar-refractivity contribution in [2.24, 2.45) is 0 Å². The van der Waals surface area contributed by atoms with Crippen molar-refractivity contribution in [1.82, 2.24) is 24.1 Å². The minimum absolute atomic E-state index is 0.578. The quantitative estimate of drug-likeness (QED) is 0.160. The van der Waals surface area contributed by atoms with Gasteiger partial charge in [-0.25, -0.2) is 4.98 Å². The molecule has 0 radical (unpaired) electrons. The van der Waals surface area contributed by atoms with E-state index in [2.05, 4.69) is 203 Å². The van der Waals surface area contributed by atoms with E-state index in [1.54, 1.807) is 0 Å². The molecule has 0 unspecified atom stereocenters. The van der Waals surface area contributed by atoms with Crippen LogP contribution >= 0.6 is 0 Å². The van der Waals surface area contributed by atoms with E-state index in [0.29, 0.717) is 17.6 Å². The maximum absolute atomic E-state index is 6.54. The highest BCUT2D eigenvalue weighted by Crippen LogP contribution is 2.44. The lowest BCUT2D eigenvalue weighted by atomic mass is 9.95. The van der Waals surface area contributed by atoms with Gasteiger partial charge in [-0.3, -0.25) is 4.57 Å². The zero-order valence-corrected chi connectivity index (χ0v) is 37.7. The summed E-state index contributed by atoms with van der Waals surface area (Å²) in [5.41, 5.74) is 16.3. The molecule has 0 amide bonds. The number of fused-ring (bicyclic) bond motifs is 9. The Labute approximate surface area is 398 Å². The van der Waals surface area contributed by atoms with Gasteiger partial charge >= 0.3 is 0 Å². The van der Waals surface area contributed by atoms with E-state index in [-0.39, 0.29) is 0 Å². The van der Waals surface area contributed by atoms with Gasteiger partial charge in [0, 0.05) is 67.4 Å². The lowest BCUT2D eigenvalue weighted by Gasteiger charge is -2.15. The third-order valence-corrected chi connectivity index (χ3v) is 14.0. The molecule has 0 atom stereocenters. The van der Waals surface area contributed by atoms with Crippen LogP contribution in [0.2, 0.25) is 0 Å². The van der Waals surface area contributed by atoms with Crippen LogP contribution in [0.1, 0.15) is 36.4 Å². The molecule has 0 N–H and O–H groups in total. The fraction of sp³-hybridized carbons (Fsp3) is 0.0635. The third-order valence-electron chi connectivity index (χ3n) is 14.0. The average molecular weight is 886 g/mol. The van der Waals surface area contributed by atoms with E-state index in [9.17, 15) is 0 Å². The predicted octanol–water partition coefficient (Wildman–Crippen LogP) is 16.2. The Hall–Kier alpha value is -8.87. The van der Waals surface area contributed by atoms with E-state index in [0.717, 1.165) is 125 Å². The van der Waals surface area contributed by atoms with Gasteiger partial charge in [0.1, 0.15) is 11.3 Å². The van der Waals surface area contributed by atoms with Gasteiger partial charge in [0.05, 0.1) is 22.1 Å². The summed E-state index contributed by atoms with van der Waals surface area (Å²) in [4.78, 5) is 15.8. The predicted molar refractivity (Wildman–Crippen MR) is 284 cm³/mol. The minimum Gasteiger partial charge on any atom is -0.460 e. The maximum atomic E-state index is 6.54. The molecule has 14 rings (SSSR count). The Balaban J connectivity index is 1.05. The van der Waals surface area contributed by atoms with Crippen LogP contribution in [0.4, 0.5) is 0 Å². The molecule has 2 aliphatic rings. The highest BCUT2D eigenvalue weighted by Gasteiger charge is 2.24. The first-order valence-corrected chi connectivity index (χ1v) is 23.9. The summed E-state index contributed by atoms with van der Waals surface area (Å²) >= 11 is 0. The van der Waals surface area contributed by atoms with Crippen LogP contribution in [0.3, 0.4) is 0 Å². The van der Waals surface area contributed by atoms with Crippen LogP contribution in [0.5, 0.6) is 0 Å². The van der Waals surface area contributed by atoms with Crippen LogP contribution in [0.15, 0.2) is 211 Å². The van der Waals surface area contributed by atoms with Crippen molar-refractivity contribution in [3.05, 3.63) is 223 Å². The Bertz CT molecular complexity index is 4100. The van der Waals surface area contributed by atoms with Gasteiger partial charge in [-0.15, -0.1) is 0 Å².